The third kappa shape index (κ3) is 5.88. The zero-order valence-electron chi connectivity index (χ0n) is 5.82. The first kappa shape index (κ1) is 9.00. The summed E-state index contributed by atoms with van der Waals surface area (Å²) in [6.07, 6.45) is 7.10. The van der Waals surface area contributed by atoms with E-state index in [0.29, 0.717) is 5.76 Å². The quantitative estimate of drug-likeness (QED) is 0.521. The Morgan fingerprint density at radius 2 is 1.91 bits per heavy atom. The van der Waals surface area contributed by atoms with E-state index in [1.54, 1.807) is 12.3 Å². The summed E-state index contributed by atoms with van der Waals surface area (Å²) in [6.45, 7) is 3.55. The van der Waals surface area contributed by atoms with E-state index in [-0.39, 0.29) is 0 Å². The summed E-state index contributed by atoms with van der Waals surface area (Å²) >= 11 is 0. The molecule has 0 fully saturated rings. The van der Waals surface area contributed by atoms with Gasteiger partial charge in [0, 0.05) is 0 Å². The van der Waals surface area contributed by atoms with Gasteiger partial charge in [0.15, 0.2) is 12.1 Å². The number of ether oxygens (including phenoxy) is 1. The summed E-state index contributed by atoms with van der Waals surface area (Å²) in [7, 11) is 0. The lowest BCUT2D eigenvalue weighted by Crippen LogP contribution is -1.79. The molecular weight excluding hydrogens is 140 g/mol. The first-order valence-corrected chi connectivity index (χ1v) is 2.78. The molecule has 1 rings (SSSR count). The third-order valence-electron chi connectivity index (χ3n) is 0.741. The van der Waals surface area contributed by atoms with Gasteiger partial charge in [-0.3, -0.25) is 0 Å². The van der Waals surface area contributed by atoms with Crippen molar-refractivity contribution >= 4 is 0 Å². The van der Waals surface area contributed by atoms with Crippen molar-refractivity contribution in [3.63, 3.8) is 0 Å². The van der Waals surface area contributed by atoms with Crippen LogP contribution in [-0.4, -0.2) is 0 Å². The highest BCUT2D eigenvalue weighted by atomic mass is 16.5. The molecule has 3 nitrogen and oxygen atoms in total. The van der Waals surface area contributed by atoms with Gasteiger partial charge in [0.25, 0.3) is 0 Å². The molecular formula is C8H6N2O. The van der Waals surface area contributed by atoms with Gasteiger partial charge in [0.2, 0.25) is 0 Å². The highest BCUT2D eigenvalue weighted by Gasteiger charge is 1.84. The van der Waals surface area contributed by atoms with Crippen LogP contribution in [0.15, 0.2) is 36.8 Å². The zero-order valence-corrected chi connectivity index (χ0v) is 5.82. The average molecular weight is 146 g/mol. The van der Waals surface area contributed by atoms with E-state index in [2.05, 4.69) is 6.58 Å². The highest BCUT2D eigenvalue weighted by molar-refractivity contribution is 5.18. The van der Waals surface area contributed by atoms with E-state index in [1.807, 2.05) is 12.2 Å². The number of rotatable bonds is 0. The summed E-state index contributed by atoms with van der Waals surface area (Å²) in [5.74, 6) is 0.697. The maximum absolute atomic E-state index is 7.26. The molecule has 0 radical (unpaired) electrons. The normalized spacial score (nSPS) is 11.6. The zero-order chi connectivity index (χ0) is 8.53. The fraction of sp³-hybridized carbons (Fsp3) is 0. The topological polar surface area (TPSA) is 56.8 Å². The van der Waals surface area contributed by atoms with Gasteiger partial charge in [-0.05, 0) is 12.2 Å². The van der Waals surface area contributed by atoms with E-state index in [4.69, 9.17) is 15.3 Å². The Balaban J connectivity index is 0.000000218. The van der Waals surface area contributed by atoms with Crippen molar-refractivity contribution in [2.75, 3.05) is 0 Å². The van der Waals surface area contributed by atoms with Crippen LogP contribution in [0, 0.1) is 22.7 Å². The van der Waals surface area contributed by atoms with Gasteiger partial charge < -0.3 is 4.74 Å². The van der Waals surface area contributed by atoms with E-state index in [0.717, 1.165) is 0 Å². The van der Waals surface area contributed by atoms with Gasteiger partial charge in [-0.25, -0.2) is 0 Å². The van der Waals surface area contributed by atoms with Crippen LogP contribution in [0.5, 0.6) is 0 Å². The Hall–Kier alpha value is -2.00. The first-order chi connectivity index (χ1) is 5.31. The molecule has 0 atom stereocenters. The van der Waals surface area contributed by atoms with E-state index in [9.17, 15) is 0 Å². The van der Waals surface area contributed by atoms with Crippen LogP contribution in [0.1, 0.15) is 0 Å². The molecule has 0 aromatic carbocycles. The van der Waals surface area contributed by atoms with Crippen LogP contribution < -0.4 is 0 Å². The second-order valence-corrected chi connectivity index (χ2v) is 1.50. The van der Waals surface area contributed by atoms with Crippen LogP contribution >= 0.6 is 0 Å². The van der Waals surface area contributed by atoms with E-state index in [1.165, 1.54) is 12.1 Å². The molecule has 3 heteroatoms. The predicted octanol–water partition coefficient (Wildman–Crippen LogP) is 1.63. The molecule has 0 saturated carbocycles. The lowest BCUT2D eigenvalue weighted by molar-refractivity contribution is 0.367. The Morgan fingerprint density at radius 1 is 1.27 bits per heavy atom. The number of hydrogen-bond donors (Lipinski definition) is 0. The van der Waals surface area contributed by atoms with Crippen LogP contribution in [0.4, 0.5) is 0 Å². The number of nitrogens with zero attached hydrogens (tertiary/aromatic N) is 2. The lowest BCUT2D eigenvalue weighted by Gasteiger charge is -1.98. The predicted molar refractivity (Wildman–Crippen MR) is 39.7 cm³/mol. The van der Waals surface area contributed by atoms with Gasteiger partial charge in [0.05, 0.1) is 6.26 Å². The summed E-state index contributed by atoms with van der Waals surface area (Å²) in [5, 5.41) is 14.5. The van der Waals surface area contributed by atoms with Crippen LogP contribution in [0.3, 0.4) is 0 Å². The van der Waals surface area contributed by atoms with Crippen molar-refractivity contribution in [3.05, 3.63) is 36.8 Å². The van der Waals surface area contributed by atoms with E-state index >= 15 is 0 Å². The van der Waals surface area contributed by atoms with Crippen LogP contribution in [0.25, 0.3) is 0 Å². The molecule has 0 aliphatic carbocycles. The minimum absolute atomic E-state index is 0.697. The van der Waals surface area contributed by atoms with Crippen molar-refractivity contribution in [3.8, 4) is 12.1 Å². The largest absolute Gasteiger partial charge is 0.466 e. The average Bonchev–Trinajstić information content (AvgIpc) is 2.07. The fourth-order valence-corrected chi connectivity index (χ4v) is 0.374. The molecule has 11 heavy (non-hydrogen) atoms. The fourth-order valence-electron chi connectivity index (χ4n) is 0.374. The maximum Gasteiger partial charge on any atom is 0.181 e. The summed E-state index contributed by atoms with van der Waals surface area (Å²) in [4.78, 5) is 0. The smallest absolute Gasteiger partial charge is 0.181 e. The summed E-state index contributed by atoms with van der Waals surface area (Å²) in [5.41, 5.74) is 0. The van der Waals surface area contributed by atoms with Gasteiger partial charge in [-0.2, -0.15) is 10.5 Å². The van der Waals surface area contributed by atoms with Crippen LogP contribution in [-0.2, 0) is 4.74 Å². The molecule has 54 valence electrons. The Labute approximate surface area is 65.1 Å². The highest BCUT2D eigenvalue weighted by Crippen LogP contribution is 2.01. The molecule has 1 aliphatic heterocycles. The van der Waals surface area contributed by atoms with Crippen molar-refractivity contribution in [1.29, 1.82) is 10.5 Å². The Morgan fingerprint density at radius 3 is 2.09 bits per heavy atom. The van der Waals surface area contributed by atoms with E-state index < -0.39 is 0 Å². The molecule has 0 unspecified atom stereocenters. The van der Waals surface area contributed by atoms with Gasteiger partial charge >= 0.3 is 0 Å². The van der Waals surface area contributed by atoms with Gasteiger partial charge in [-0.15, -0.1) is 0 Å². The molecule has 0 spiro atoms. The molecule has 0 aromatic heterocycles. The number of nitriles is 2. The molecule has 0 N–H and O–H groups in total. The minimum atomic E-state index is 0.697. The van der Waals surface area contributed by atoms with Crippen molar-refractivity contribution < 1.29 is 4.74 Å². The molecule has 0 bridgehead atoms. The monoisotopic (exact) mass is 146 g/mol. The lowest BCUT2D eigenvalue weighted by atomic mass is 10.4. The summed E-state index contributed by atoms with van der Waals surface area (Å²) in [6, 6.07) is 2.47. The Kier molecular flexibility index (Phi) is 5.01. The first-order valence-electron chi connectivity index (χ1n) is 2.78. The minimum Gasteiger partial charge on any atom is -0.466 e. The third-order valence-corrected chi connectivity index (χ3v) is 0.741. The molecule has 1 aliphatic rings. The number of hydrogen-bond acceptors (Lipinski definition) is 3. The Bertz CT molecular complexity index is 251. The van der Waals surface area contributed by atoms with Gasteiger partial charge in [-0.1, -0.05) is 12.7 Å². The standard InChI is InChI=1S/C6H6O.C2N2/c1-6-4-2-3-5-7-6;3-1-2-4/h2-5H,1H2;. The van der Waals surface area contributed by atoms with Crippen molar-refractivity contribution in [1.82, 2.24) is 0 Å². The van der Waals surface area contributed by atoms with Crippen molar-refractivity contribution in [2.24, 2.45) is 0 Å². The maximum atomic E-state index is 7.26. The molecule has 0 aromatic rings. The van der Waals surface area contributed by atoms with Gasteiger partial charge in [0.1, 0.15) is 5.76 Å². The second kappa shape index (κ2) is 6.12. The number of allylic oxidation sites excluding steroid dienone is 3. The van der Waals surface area contributed by atoms with Crippen molar-refractivity contribution in [2.45, 2.75) is 0 Å². The SMILES string of the molecule is C=C1C=CC=CO1.N#CC#N. The van der Waals surface area contributed by atoms with Crippen LogP contribution in [0.2, 0.25) is 0 Å². The molecule has 0 saturated heterocycles. The molecule has 0 amide bonds. The second-order valence-electron chi connectivity index (χ2n) is 1.50. The summed E-state index contributed by atoms with van der Waals surface area (Å²) < 4.78 is 4.82. The molecule has 1 heterocycles.